The highest BCUT2D eigenvalue weighted by Gasteiger charge is 2.37. The van der Waals surface area contributed by atoms with E-state index < -0.39 is 0 Å². The highest BCUT2D eigenvalue weighted by Crippen LogP contribution is 2.31. The number of rotatable bonds is 5. The summed E-state index contributed by atoms with van der Waals surface area (Å²) in [7, 11) is 1.77. The first kappa shape index (κ1) is 14.4. The van der Waals surface area contributed by atoms with Crippen molar-refractivity contribution in [3.05, 3.63) is 0 Å². The van der Waals surface area contributed by atoms with Gasteiger partial charge in [-0.25, -0.2) is 0 Å². The summed E-state index contributed by atoms with van der Waals surface area (Å²) in [6, 6.07) is 0.606. The van der Waals surface area contributed by atoms with Crippen molar-refractivity contribution in [3.63, 3.8) is 0 Å². The van der Waals surface area contributed by atoms with Gasteiger partial charge in [-0.05, 0) is 20.8 Å². The van der Waals surface area contributed by atoms with Crippen LogP contribution in [0.25, 0.3) is 0 Å². The summed E-state index contributed by atoms with van der Waals surface area (Å²) >= 11 is 1.82. The van der Waals surface area contributed by atoms with Crippen LogP contribution < -0.4 is 5.32 Å². The lowest BCUT2D eigenvalue weighted by Crippen LogP contribution is -2.39. The van der Waals surface area contributed by atoms with E-state index in [-0.39, 0.29) is 5.91 Å². The molecule has 98 valence electrons. The number of likely N-dealkylation sites (tertiary alicyclic amines) is 1. The van der Waals surface area contributed by atoms with Gasteiger partial charge in [-0.3, -0.25) is 10.2 Å². The first-order valence-corrected chi connectivity index (χ1v) is 7.20. The zero-order valence-electron chi connectivity index (χ0n) is 11.1. The third-order valence-electron chi connectivity index (χ3n) is 3.18. The topological polar surface area (TPSA) is 56.2 Å². The van der Waals surface area contributed by atoms with Crippen LogP contribution in [0.15, 0.2) is 0 Å². The van der Waals surface area contributed by atoms with Crippen LogP contribution in [0.4, 0.5) is 0 Å². The number of amidine groups is 1. The van der Waals surface area contributed by atoms with Crippen LogP contribution in [0.3, 0.4) is 0 Å². The highest BCUT2D eigenvalue weighted by molar-refractivity contribution is 8.00. The fraction of sp³-hybridized carbons (Fsp3) is 0.833. The van der Waals surface area contributed by atoms with Crippen LogP contribution in [0.2, 0.25) is 0 Å². The Morgan fingerprint density at radius 3 is 2.76 bits per heavy atom. The highest BCUT2D eigenvalue weighted by atomic mass is 32.2. The smallest absolute Gasteiger partial charge is 0.224 e. The predicted molar refractivity (Wildman–Crippen MR) is 73.7 cm³/mol. The van der Waals surface area contributed by atoms with Crippen molar-refractivity contribution < 1.29 is 4.79 Å². The molecule has 2 atom stereocenters. The molecule has 0 aliphatic carbocycles. The van der Waals surface area contributed by atoms with Gasteiger partial charge >= 0.3 is 0 Å². The fourth-order valence-electron chi connectivity index (χ4n) is 2.25. The molecule has 0 aromatic rings. The predicted octanol–water partition coefficient (Wildman–Crippen LogP) is 1.70. The molecule has 2 N–H and O–H groups in total. The Balaban J connectivity index is 2.41. The Kier molecular flexibility index (Phi) is 5.31. The lowest BCUT2D eigenvalue weighted by atomic mass is 10.2. The van der Waals surface area contributed by atoms with Crippen LogP contribution >= 0.6 is 11.8 Å². The van der Waals surface area contributed by atoms with Gasteiger partial charge < -0.3 is 10.2 Å². The largest absolute Gasteiger partial charge is 0.377 e. The maximum absolute atomic E-state index is 11.8. The van der Waals surface area contributed by atoms with Gasteiger partial charge in [0.15, 0.2) is 0 Å². The van der Waals surface area contributed by atoms with Gasteiger partial charge in [-0.1, -0.05) is 0 Å². The van der Waals surface area contributed by atoms with E-state index in [2.05, 4.69) is 26.1 Å². The Hall–Kier alpha value is -0.710. The van der Waals surface area contributed by atoms with E-state index in [9.17, 15) is 4.79 Å². The van der Waals surface area contributed by atoms with Gasteiger partial charge in [-0.15, -0.1) is 0 Å². The summed E-state index contributed by atoms with van der Waals surface area (Å²) in [5, 5.41) is 10.7. The summed E-state index contributed by atoms with van der Waals surface area (Å²) in [6.07, 6.45) is 1.40. The quantitative estimate of drug-likeness (QED) is 0.582. The molecule has 1 rings (SSSR count). The Morgan fingerprint density at radius 2 is 2.29 bits per heavy atom. The van der Waals surface area contributed by atoms with Crippen molar-refractivity contribution >= 4 is 23.5 Å². The summed E-state index contributed by atoms with van der Waals surface area (Å²) in [5.41, 5.74) is 0. The van der Waals surface area contributed by atoms with Crippen LogP contribution in [0, 0.1) is 5.41 Å². The maximum atomic E-state index is 11.8. The molecule has 1 fully saturated rings. The van der Waals surface area contributed by atoms with E-state index in [1.54, 1.807) is 7.05 Å². The normalized spacial score (nSPS) is 24.5. The molecular formula is C12H23N3OS. The van der Waals surface area contributed by atoms with Gasteiger partial charge in [0.05, 0.1) is 5.84 Å². The molecule has 2 unspecified atom stereocenters. The average molecular weight is 257 g/mol. The third kappa shape index (κ3) is 3.63. The molecule has 0 saturated carbocycles. The molecule has 5 heteroatoms. The van der Waals surface area contributed by atoms with Gasteiger partial charge in [0.2, 0.25) is 5.91 Å². The van der Waals surface area contributed by atoms with E-state index in [4.69, 9.17) is 5.41 Å². The molecule has 1 aliphatic heterocycles. The fourth-order valence-corrected chi connectivity index (χ4v) is 3.54. The molecule has 1 aliphatic rings. The van der Waals surface area contributed by atoms with Crippen molar-refractivity contribution in [2.75, 3.05) is 12.8 Å². The molecule has 0 radical (unpaired) electrons. The van der Waals surface area contributed by atoms with Gasteiger partial charge in [0.1, 0.15) is 0 Å². The second kappa shape index (κ2) is 6.28. The molecule has 1 heterocycles. The number of hydrogen-bond acceptors (Lipinski definition) is 3. The minimum absolute atomic E-state index is 0.272. The number of nitrogens with zero attached hydrogens (tertiary/aromatic N) is 1. The molecule has 4 nitrogen and oxygen atoms in total. The molecular weight excluding hydrogens is 234 g/mol. The third-order valence-corrected chi connectivity index (χ3v) is 4.61. The van der Waals surface area contributed by atoms with Crippen molar-refractivity contribution in [1.82, 2.24) is 10.2 Å². The number of amides is 1. The van der Waals surface area contributed by atoms with Crippen LogP contribution in [0.1, 0.15) is 33.6 Å². The van der Waals surface area contributed by atoms with Crippen LogP contribution in [-0.2, 0) is 4.79 Å². The molecule has 1 amide bonds. The average Bonchev–Trinajstić information content (AvgIpc) is 2.53. The lowest BCUT2D eigenvalue weighted by Gasteiger charge is -2.28. The number of nitrogens with one attached hydrogen (secondary N) is 2. The summed E-state index contributed by atoms with van der Waals surface area (Å²) in [6.45, 7) is 6.27. The maximum Gasteiger partial charge on any atom is 0.224 e. The molecule has 0 spiro atoms. The van der Waals surface area contributed by atoms with E-state index in [0.29, 0.717) is 29.6 Å². The lowest BCUT2D eigenvalue weighted by molar-refractivity contribution is -0.130. The standard InChI is InChI=1S/C12H23N3OS/c1-8(2)15-9(3)10(7-12(15)16)17-6-5-11(13)14-4/h8-10H,5-7H2,1-4H3,(H2,13,14). The molecule has 0 bridgehead atoms. The second-order valence-corrected chi connectivity index (χ2v) is 6.07. The molecule has 0 aromatic carbocycles. The zero-order valence-corrected chi connectivity index (χ0v) is 11.9. The Morgan fingerprint density at radius 1 is 1.65 bits per heavy atom. The first-order chi connectivity index (χ1) is 7.97. The van der Waals surface area contributed by atoms with E-state index in [0.717, 1.165) is 12.2 Å². The first-order valence-electron chi connectivity index (χ1n) is 6.15. The number of hydrogen-bond donors (Lipinski definition) is 2. The summed E-state index contributed by atoms with van der Waals surface area (Å²) < 4.78 is 0. The monoisotopic (exact) mass is 257 g/mol. The van der Waals surface area contributed by atoms with Crippen molar-refractivity contribution in [2.24, 2.45) is 0 Å². The Labute approximate surface area is 108 Å². The van der Waals surface area contributed by atoms with Gasteiger partial charge in [0.25, 0.3) is 0 Å². The number of carbonyl (C=O) groups is 1. The molecule has 17 heavy (non-hydrogen) atoms. The molecule has 1 saturated heterocycles. The van der Waals surface area contributed by atoms with Crippen molar-refractivity contribution in [3.8, 4) is 0 Å². The van der Waals surface area contributed by atoms with Crippen molar-refractivity contribution in [1.29, 1.82) is 5.41 Å². The SMILES string of the molecule is CNC(=N)CCSC1CC(=O)N(C(C)C)C1C. The van der Waals surface area contributed by atoms with Crippen LogP contribution in [-0.4, -0.2) is 46.8 Å². The summed E-state index contributed by atoms with van der Waals surface area (Å²) in [5.74, 6) is 1.75. The van der Waals surface area contributed by atoms with Gasteiger partial charge in [0, 0.05) is 43.0 Å². The zero-order chi connectivity index (χ0) is 13.0. The Bertz CT molecular complexity index is 293. The minimum atomic E-state index is 0.272. The number of thioether (sulfide) groups is 1. The minimum Gasteiger partial charge on any atom is -0.377 e. The number of carbonyl (C=O) groups excluding carboxylic acids is 1. The molecule has 0 aromatic heterocycles. The van der Waals surface area contributed by atoms with Crippen LogP contribution in [0.5, 0.6) is 0 Å². The summed E-state index contributed by atoms with van der Waals surface area (Å²) in [4.78, 5) is 13.8. The second-order valence-electron chi connectivity index (χ2n) is 4.73. The van der Waals surface area contributed by atoms with Crippen molar-refractivity contribution in [2.45, 2.75) is 50.9 Å². The van der Waals surface area contributed by atoms with E-state index in [1.165, 1.54) is 0 Å². The van der Waals surface area contributed by atoms with E-state index >= 15 is 0 Å². The van der Waals surface area contributed by atoms with Gasteiger partial charge in [-0.2, -0.15) is 11.8 Å². The van der Waals surface area contributed by atoms with E-state index in [1.807, 2.05) is 16.7 Å².